The van der Waals surface area contributed by atoms with E-state index < -0.39 is 78.8 Å². The summed E-state index contributed by atoms with van der Waals surface area (Å²) in [5.74, 6) is -5.10. The van der Waals surface area contributed by atoms with Crippen molar-refractivity contribution in [2.24, 2.45) is 0 Å². The molecule has 3 heterocycles. The van der Waals surface area contributed by atoms with Crippen LogP contribution in [0.1, 0.15) is 48.4 Å². The lowest BCUT2D eigenvalue weighted by Crippen LogP contribution is -2.63. The van der Waals surface area contributed by atoms with Crippen molar-refractivity contribution < 1.29 is 62.3 Å². The number of carbonyl (C=O) groups is 6. The highest BCUT2D eigenvalue weighted by Gasteiger charge is 2.53. The summed E-state index contributed by atoms with van der Waals surface area (Å²) in [4.78, 5) is 103. The minimum Gasteiger partial charge on any atom is -0.478 e. The lowest BCUT2D eigenvalue weighted by Gasteiger charge is -2.43. The normalized spacial score (nSPS) is 20.0. The average Bonchev–Trinajstić information content (AvgIpc) is 3.57. The molecule has 0 bridgehead atoms. The average molecular weight is 687 g/mol. The molecule has 0 radical (unpaired) electrons. The first-order chi connectivity index (χ1) is 23.1. The molecular weight excluding hydrogens is 656 g/mol. The lowest BCUT2D eigenvalue weighted by molar-refractivity contribution is -0.294. The van der Waals surface area contributed by atoms with Gasteiger partial charge in [-0.1, -0.05) is 0 Å². The van der Waals surface area contributed by atoms with E-state index in [9.17, 15) is 38.4 Å². The Bertz CT molecular complexity index is 2020. The first kappa shape index (κ1) is 35.6. The molecular formula is C30H30N4O15. The van der Waals surface area contributed by atoms with Crippen LogP contribution in [0, 0.1) is 0 Å². The van der Waals surface area contributed by atoms with Crippen molar-refractivity contribution in [3.05, 3.63) is 68.5 Å². The molecule has 2 aromatic heterocycles. The second-order valence-electron chi connectivity index (χ2n) is 10.5. The molecule has 5 atom stereocenters. The number of benzene rings is 2. The SMILES string of the molecule is CC(=O)OCC1OC(OC(=O)c2ccc3[nH]c(=O)[nH]c3c2)C(OC(C)=O)C(OC(C)=O)C1OC(C)=O.O=C(O)c1ccc2[nH]c(=O)[nH]c2c1. The molecule has 1 aliphatic heterocycles. The number of aromatic carboxylic acids is 1. The van der Waals surface area contributed by atoms with Gasteiger partial charge in [0.25, 0.3) is 0 Å². The molecule has 0 saturated carbocycles. The summed E-state index contributed by atoms with van der Waals surface area (Å²) in [5, 5.41) is 8.65. The zero-order chi connectivity index (χ0) is 36.0. The minimum atomic E-state index is -1.67. The fourth-order valence-electron chi connectivity index (χ4n) is 4.78. The van der Waals surface area contributed by atoms with Crippen LogP contribution < -0.4 is 11.4 Å². The second kappa shape index (κ2) is 15.1. The second-order valence-corrected chi connectivity index (χ2v) is 10.5. The maximum atomic E-state index is 12.9. The third-order valence-corrected chi connectivity index (χ3v) is 6.69. The Morgan fingerprint density at radius 3 is 1.61 bits per heavy atom. The van der Waals surface area contributed by atoms with Crippen molar-refractivity contribution >= 4 is 57.9 Å². The van der Waals surface area contributed by atoms with Crippen LogP contribution in [-0.2, 0) is 47.6 Å². The van der Waals surface area contributed by atoms with Gasteiger partial charge in [-0.3, -0.25) is 19.2 Å². The highest BCUT2D eigenvalue weighted by Crippen LogP contribution is 2.30. The molecule has 4 aromatic rings. The van der Waals surface area contributed by atoms with Gasteiger partial charge in [0.15, 0.2) is 12.2 Å². The number of hydrogen-bond donors (Lipinski definition) is 5. The van der Waals surface area contributed by atoms with Crippen LogP contribution in [0.4, 0.5) is 0 Å². The van der Waals surface area contributed by atoms with E-state index in [2.05, 4.69) is 19.9 Å². The number of carboxylic acids is 1. The van der Waals surface area contributed by atoms with Crippen LogP contribution in [0.2, 0.25) is 0 Å². The van der Waals surface area contributed by atoms with Gasteiger partial charge >= 0.3 is 47.2 Å². The predicted molar refractivity (Wildman–Crippen MR) is 162 cm³/mol. The van der Waals surface area contributed by atoms with Crippen molar-refractivity contribution in [3.8, 4) is 0 Å². The van der Waals surface area contributed by atoms with Gasteiger partial charge in [0.1, 0.15) is 12.7 Å². The molecule has 5 unspecified atom stereocenters. The molecule has 0 amide bonds. The number of H-pyrrole nitrogens is 4. The van der Waals surface area contributed by atoms with Crippen LogP contribution in [0.5, 0.6) is 0 Å². The maximum absolute atomic E-state index is 12.9. The number of hydrogen-bond acceptors (Lipinski definition) is 14. The Hall–Kier alpha value is -6.24. The van der Waals surface area contributed by atoms with E-state index >= 15 is 0 Å². The van der Waals surface area contributed by atoms with Gasteiger partial charge in [0.05, 0.1) is 33.2 Å². The first-order valence-corrected chi connectivity index (χ1v) is 14.3. The van der Waals surface area contributed by atoms with E-state index in [0.29, 0.717) is 22.1 Å². The molecule has 0 aliphatic carbocycles. The third kappa shape index (κ3) is 9.19. The van der Waals surface area contributed by atoms with E-state index in [0.717, 1.165) is 27.7 Å². The van der Waals surface area contributed by atoms with Gasteiger partial charge < -0.3 is 53.5 Å². The van der Waals surface area contributed by atoms with Gasteiger partial charge in [-0.05, 0) is 36.4 Å². The van der Waals surface area contributed by atoms with E-state index in [1.54, 1.807) is 6.07 Å². The Balaban J connectivity index is 0.000000344. The number of carboxylic acid groups (broad SMARTS) is 1. The first-order valence-electron chi connectivity index (χ1n) is 14.3. The Morgan fingerprint density at radius 2 is 1.10 bits per heavy atom. The lowest BCUT2D eigenvalue weighted by atomic mass is 9.98. The molecule has 49 heavy (non-hydrogen) atoms. The standard InChI is InChI=1S/C22H24N2O12.C8H6N2O3/c1-9(25)31-8-16-17(32-10(2)26)18(33-11(3)27)19(34-12(4)28)21(35-16)36-20(29)13-5-6-14-15(7-13)24-22(30)23-14;11-7(12)4-1-2-5-6(3-4)10-8(13)9-5/h5-7,16-19,21H,8H2,1-4H3,(H2,23,24,30);1-3H,(H,11,12)(H2,9,10,13). The van der Waals surface area contributed by atoms with Crippen LogP contribution >= 0.6 is 0 Å². The molecule has 260 valence electrons. The Morgan fingerprint density at radius 1 is 0.633 bits per heavy atom. The minimum absolute atomic E-state index is 0.00519. The fraction of sp³-hybridized carbons (Fsp3) is 0.333. The van der Waals surface area contributed by atoms with Crippen molar-refractivity contribution in [1.82, 2.24) is 19.9 Å². The molecule has 0 spiro atoms. The molecule has 1 saturated heterocycles. The summed E-state index contributed by atoms with van der Waals surface area (Å²) in [6, 6.07) is 8.60. The maximum Gasteiger partial charge on any atom is 0.340 e. The summed E-state index contributed by atoms with van der Waals surface area (Å²) in [5.41, 5.74) is 1.24. The van der Waals surface area contributed by atoms with Crippen molar-refractivity contribution in [3.63, 3.8) is 0 Å². The number of esters is 5. The number of aromatic nitrogens is 4. The van der Waals surface area contributed by atoms with Gasteiger partial charge in [-0.2, -0.15) is 0 Å². The van der Waals surface area contributed by atoms with Crippen molar-refractivity contribution in [2.75, 3.05) is 6.61 Å². The van der Waals surface area contributed by atoms with Crippen LogP contribution in [0.3, 0.4) is 0 Å². The largest absolute Gasteiger partial charge is 0.478 e. The smallest absolute Gasteiger partial charge is 0.340 e. The number of imidazole rings is 2. The molecule has 2 aromatic carbocycles. The number of fused-ring (bicyclic) bond motifs is 2. The number of carbonyl (C=O) groups excluding carboxylic acids is 5. The van der Waals surface area contributed by atoms with Crippen LogP contribution in [0.25, 0.3) is 22.1 Å². The summed E-state index contributed by atoms with van der Waals surface area (Å²) in [6.07, 6.45) is -7.35. The number of nitrogens with one attached hydrogen (secondary N) is 4. The molecule has 5 N–H and O–H groups in total. The summed E-state index contributed by atoms with van der Waals surface area (Å²) < 4.78 is 31.9. The molecule has 5 rings (SSSR count). The van der Waals surface area contributed by atoms with E-state index in [1.165, 1.54) is 30.3 Å². The van der Waals surface area contributed by atoms with Crippen molar-refractivity contribution in [1.29, 1.82) is 0 Å². The van der Waals surface area contributed by atoms with Gasteiger partial charge in [-0.25, -0.2) is 19.2 Å². The topological polar surface area (TPSA) is 275 Å². The summed E-state index contributed by atoms with van der Waals surface area (Å²) >= 11 is 0. The van der Waals surface area contributed by atoms with E-state index in [4.69, 9.17) is 33.5 Å². The molecule has 1 fully saturated rings. The molecule has 19 nitrogen and oxygen atoms in total. The summed E-state index contributed by atoms with van der Waals surface area (Å²) in [7, 11) is 0. The van der Waals surface area contributed by atoms with Gasteiger partial charge in [0.2, 0.25) is 12.4 Å². The zero-order valence-corrected chi connectivity index (χ0v) is 26.2. The zero-order valence-electron chi connectivity index (χ0n) is 26.2. The third-order valence-electron chi connectivity index (χ3n) is 6.69. The van der Waals surface area contributed by atoms with Crippen LogP contribution in [-0.4, -0.2) is 98.2 Å². The van der Waals surface area contributed by atoms with Crippen LogP contribution in [0.15, 0.2) is 46.0 Å². The fourth-order valence-corrected chi connectivity index (χ4v) is 4.78. The quantitative estimate of drug-likeness (QED) is 0.126. The highest BCUT2D eigenvalue weighted by atomic mass is 16.7. The van der Waals surface area contributed by atoms with Crippen molar-refractivity contribution in [2.45, 2.75) is 58.4 Å². The number of ether oxygens (including phenoxy) is 6. The Kier molecular flexibility index (Phi) is 11.0. The Labute approximate surface area is 273 Å². The monoisotopic (exact) mass is 686 g/mol. The summed E-state index contributed by atoms with van der Waals surface area (Å²) in [6.45, 7) is 3.88. The van der Waals surface area contributed by atoms with E-state index in [1.807, 2.05) is 0 Å². The van der Waals surface area contributed by atoms with Gasteiger partial charge in [-0.15, -0.1) is 0 Å². The van der Waals surface area contributed by atoms with E-state index in [-0.39, 0.29) is 16.8 Å². The molecule has 1 aliphatic rings. The predicted octanol–water partition coefficient (Wildman–Crippen LogP) is 0.651. The molecule has 19 heteroatoms. The highest BCUT2D eigenvalue weighted by molar-refractivity contribution is 5.94. The number of rotatable bonds is 8. The van der Waals surface area contributed by atoms with Gasteiger partial charge in [0, 0.05) is 27.7 Å². The number of aromatic amines is 4.